The second-order valence-electron chi connectivity index (χ2n) is 3.22. The molecule has 16 heavy (non-hydrogen) atoms. The molecule has 4 nitrogen and oxygen atoms in total. The number of benzene rings is 1. The number of nitrogens with one attached hydrogen (secondary N) is 1. The first-order chi connectivity index (χ1) is 7.58. The molecule has 86 valence electrons. The second kappa shape index (κ2) is 6.12. The summed E-state index contributed by atoms with van der Waals surface area (Å²) < 4.78 is 5.17. The maximum absolute atomic E-state index is 11.2. The van der Waals surface area contributed by atoms with Crippen molar-refractivity contribution in [2.45, 2.75) is 6.92 Å². The van der Waals surface area contributed by atoms with Gasteiger partial charge in [-0.1, -0.05) is 11.6 Å². The number of Topliss-reactive ketones (excluding diaryl/α,β-unsaturated/α-hetero) is 1. The predicted octanol–water partition coefficient (Wildman–Crippen LogP) is 1.42. The van der Waals surface area contributed by atoms with Crippen molar-refractivity contribution in [3.8, 4) is 5.75 Å². The average molecular weight is 242 g/mol. The molecular weight excluding hydrogens is 230 g/mol. The van der Waals surface area contributed by atoms with Crippen LogP contribution in [0.1, 0.15) is 6.92 Å². The monoisotopic (exact) mass is 241 g/mol. The standard InChI is InChI=1S/C11H12ClNO3/c1-8(14)6-13-11(15)7-16-10-4-2-9(12)3-5-10/h2-5H,6-7H2,1H3,(H,13,15). The minimum atomic E-state index is -0.329. The number of amides is 1. The van der Waals surface area contributed by atoms with Gasteiger partial charge in [-0.2, -0.15) is 0 Å². The highest BCUT2D eigenvalue weighted by atomic mass is 35.5. The van der Waals surface area contributed by atoms with Gasteiger partial charge in [0.2, 0.25) is 0 Å². The molecule has 0 saturated carbocycles. The Balaban J connectivity index is 2.31. The van der Waals surface area contributed by atoms with Crippen molar-refractivity contribution in [2.24, 2.45) is 0 Å². The molecule has 5 heteroatoms. The highest BCUT2D eigenvalue weighted by Gasteiger charge is 2.03. The third kappa shape index (κ3) is 4.79. The van der Waals surface area contributed by atoms with Gasteiger partial charge >= 0.3 is 0 Å². The van der Waals surface area contributed by atoms with Gasteiger partial charge < -0.3 is 10.1 Å². The molecule has 1 amide bonds. The summed E-state index contributed by atoms with van der Waals surface area (Å²) in [5.74, 6) is 0.132. The minimum Gasteiger partial charge on any atom is -0.484 e. The van der Waals surface area contributed by atoms with Crippen LogP contribution in [-0.2, 0) is 9.59 Å². The van der Waals surface area contributed by atoms with Crippen LogP contribution in [0.2, 0.25) is 5.02 Å². The van der Waals surface area contributed by atoms with E-state index in [4.69, 9.17) is 16.3 Å². The molecule has 0 bridgehead atoms. The number of carbonyl (C=O) groups is 2. The summed E-state index contributed by atoms with van der Waals surface area (Å²) in [6.45, 7) is 1.32. The van der Waals surface area contributed by atoms with Gasteiger partial charge in [0, 0.05) is 5.02 Å². The zero-order valence-corrected chi connectivity index (χ0v) is 9.58. The van der Waals surface area contributed by atoms with Gasteiger partial charge in [-0.15, -0.1) is 0 Å². The smallest absolute Gasteiger partial charge is 0.258 e. The first-order valence-electron chi connectivity index (χ1n) is 4.72. The summed E-state index contributed by atoms with van der Waals surface area (Å²) in [4.78, 5) is 21.8. The van der Waals surface area contributed by atoms with Crippen LogP contribution >= 0.6 is 11.6 Å². The topological polar surface area (TPSA) is 55.4 Å². The van der Waals surface area contributed by atoms with Gasteiger partial charge in [0.1, 0.15) is 11.5 Å². The molecule has 0 atom stereocenters. The molecule has 0 aliphatic heterocycles. The summed E-state index contributed by atoms with van der Waals surface area (Å²) >= 11 is 5.69. The number of halogens is 1. The fraction of sp³-hybridized carbons (Fsp3) is 0.273. The first kappa shape index (κ1) is 12.5. The van der Waals surface area contributed by atoms with Crippen molar-refractivity contribution >= 4 is 23.3 Å². The van der Waals surface area contributed by atoms with E-state index in [2.05, 4.69) is 5.32 Å². The van der Waals surface area contributed by atoms with Crippen molar-refractivity contribution in [2.75, 3.05) is 13.2 Å². The average Bonchev–Trinajstić information content (AvgIpc) is 2.25. The molecule has 1 aromatic carbocycles. The second-order valence-corrected chi connectivity index (χ2v) is 3.66. The molecule has 1 aromatic rings. The molecular formula is C11H12ClNO3. The van der Waals surface area contributed by atoms with Crippen LogP contribution in [0, 0.1) is 0 Å². The molecule has 0 radical (unpaired) electrons. The molecule has 0 aromatic heterocycles. The predicted molar refractivity (Wildman–Crippen MR) is 60.6 cm³/mol. The van der Waals surface area contributed by atoms with E-state index in [0.29, 0.717) is 10.8 Å². The lowest BCUT2D eigenvalue weighted by Gasteiger charge is -2.06. The van der Waals surface area contributed by atoms with Crippen LogP contribution in [0.3, 0.4) is 0 Å². The fourth-order valence-electron chi connectivity index (χ4n) is 0.954. The Morgan fingerprint density at radius 2 is 1.94 bits per heavy atom. The number of rotatable bonds is 5. The normalized spacial score (nSPS) is 9.62. The lowest BCUT2D eigenvalue weighted by molar-refractivity contribution is -0.125. The number of ether oxygens (including phenoxy) is 1. The van der Waals surface area contributed by atoms with Crippen LogP contribution in [0.15, 0.2) is 24.3 Å². The fourth-order valence-corrected chi connectivity index (χ4v) is 1.08. The van der Waals surface area contributed by atoms with E-state index < -0.39 is 0 Å². The Bertz CT molecular complexity index is 375. The van der Waals surface area contributed by atoms with Crippen LogP contribution in [0.25, 0.3) is 0 Å². The lowest BCUT2D eigenvalue weighted by atomic mass is 10.3. The molecule has 1 N–H and O–H groups in total. The SMILES string of the molecule is CC(=O)CNC(=O)COc1ccc(Cl)cc1. The summed E-state index contributed by atoms with van der Waals surface area (Å²) in [6, 6.07) is 6.68. The van der Waals surface area contributed by atoms with E-state index in [-0.39, 0.29) is 24.8 Å². The van der Waals surface area contributed by atoms with Crippen molar-refractivity contribution in [3.05, 3.63) is 29.3 Å². The number of ketones is 1. The molecule has 0 heterocycles. The van der Waals surface area contributed by atoms with Gasteiger partial charge in [-0.25, -0.2) is 0 Å². The number of hydrogen-bond donors (Lipinski definition) is 1. The zero-order chi connectivity index (χ0) is 12.0. The van der Waals surface area contributed by atoms with Crippen molar-refractivity contribution in [1.29, 1.82) is 0 Å². The van der Waals surface area contributed by atoms with E-state index in [1.54, 1.807) is 24.3 Å². The summed E-state index contributed by atoms with van der Waals surface area (Å²) in [5.41, 5.74) is 0. The van der Waals surface area contributed by atoms with Crippen LogP contribution < -0.4 is 10.1 Å². The maximum atomic E-state index is 11.2. The Morgan fingerprint density at radius 3 is 2.50 bits per heavy atom. The Kier molecular flexibility index (Phi) is 4.79. The molecule has 0 fully saturated rings. The molecule has 0 aliphatic carbocycles. The summed E-state index contributed by atoms with van der Waals surface area (Å²) in [5, 5.41) is 3.03. The van der Waals surface area contributed by atoms with Crippen molar-refractivity contribution in [3.63, 3.8) is 0 Å². The molecule has 0 saturated heterocycles. The lowest BCUT2D eigenvalue weighted by Crippen LogP contribution is -2.32. The number of carbonyl (C=O) groups excluding carboxylic acids is 2. The van der Waals surface area contributed by atoms with Gasteiger partial charge in [-0.05, 0) is 31.2 Å². The third-order valence-electron chi connectivity index (χ3n) is 1.72. The number of hydrogen-bond acceptors (Lipinski definition) is 3. The maximum Gasteiger partial charge on any atom is 0.258 e. The van der Waals surface area contributed by atoms with Gasteiger partial charge in [0.25, 0.3) is 5.91 Å². The van der Waals surface area contributed by atoms with E-state index in [1.165, 1.54) is 6.92 Å². The quantitative estimate of drug-likeness (QED) is 0.848. The molecule has 0 unspecified atom stereocenters. The van der Waals surface area contributed by atoms with Crippen LogP contribution in [-0.4, -0.2) is 24.8 Å². The van der Waals surface area contributed by atoms with Crippen LogP contribution in [0.4, 0.5) is 0 Å². The van der Waals surface area contributed by atoms with Gasteiger partial charge in [0.15, 0.2) is 6.61 Å². The summed E-state index contributed by atoms with van der Waals surface area (Å²) in [6.07, 6.45) is 0. The van der Waals surface area contributed by atoms with E-state index in [9.17, 15) is 9.59 Å². The summed E-state index contributed by atoms with van der Waals surface area (Å²) in [7, 11) is 0. The highest BCUT2D eigenvalue weighted by Crippen LogP contribution is 2.15. The molecule has 0 spiro atoms. The van der Waals surface area contributed by atoms with Crippen molar-refractivity contribution < 1.29 is 14.3 Å². The van der Waals surface area contributed by atoms with E-state index >= 15 is 0 Å². The van der Waals surface area contributed by atoms with Crippen molar-refractivity contribution in [1.82, 2.24) is 5.32 Å². The zero-order valence-electron chi connectivity index (χ0n) is 8.83. The highest BCUT2D eigenvalue weighted by molar-refractivity contribution is 6.30. The minimum absolute atomic E-state index is 0.0306. The Morgan fingerprint density at radius 1 is 1.31 bits per heavy atom. The van der Waals surface area contributed by atoms with E-state index in [0.717, 1.165) is 0 Å². The molecule has 1 rings (SSSR count). The Labute approximate surface area is 98.5 Å². The van der Waals surface area contributed by atoms with Gasteiger partial charge in [-0.3, -0.25) is 9.59 Å². The largest absolute Gasteiger partial charge is 0.484 e. The first-order valence-corrected chi connectivity index (χ1v) is 5.10. The van der Waals surface area contributed by atoms with E-state index in [1.807, 2.05) is 0 Å². The Hall–Kier alpha value is -1.55. The third-order valence-corrected chi connectivity index (χ3v) is 1.97. The molecule has 0 aliphatic rings. The van der Waals surface area contributed by atoms with Gasteiger partial charge in [0.05, 0.1) is 6.54 Å². The van der Waals surface area contributed by atoms with Crippen LogP contribution in [0.5, 0.6) is 5.75 Å².